The topological polar surface area (TPSA) is 46.3 Å². The van der Waals surface area contributed by atoms with E-state index in [1.165, 1.54) is 0 Å². The monoisotopic (exact) mass is 188 g/mol. The van der Waals surface area contributed by atoms with Crippen molar-refractivity contribution in [1.82, 2.24) is 4.90 Å². The van der Waals surface area contributed by atoms with E-state index in [9.17, 15) is 9.18 Å². The van der Waals surface area contributed by atoms with Crippen molar-refractivity contribution in [2.45, 2.75) is 25.8 Å². The molecule has 3 nitrogen and oxygen atoms in total. The van der Waals surface area contributed by atoms with E-state index in [1.807, 2.05) is 0 Å². The lowest BCUT2D eigenvalue weighted by Crippen LogP contribution is -2.47. The van der Waals surface area contributed by atoms with E-state index in [0.29, 0.717) is 6.54 Å². The zero-order valence-electron chi connectivity index (χ0n) is 8.00. The summed E-state index contributed by atoms with van der Waals surface area (Å²) in [5.41, 5.74) is 5.47. The molecule has 0 bridgehead atoms. The van der Waals surface area contributed by atoms with Crippen LogP contribution in [0, 0.1) is 5.92 Å². The Balaban J connectivity index is 2.46. The number of rotatable bonds is 2. The minimum Gasteiger partial charge on any atom is -0.341 e. The molecule has 1 aliphatic rings. The molecule has 0 saturated carbocycles. The van der Waals surface area contributed by atoms with Crippen molar-refractivity contribution >= 4 is 5.91 Å². The van der Waals surface area contributed by atoms with Gasteiger partial charge < -0.3 is 10.6 Å². The summed E-state index contributed by atoms with van der Waals surface area (Å²) in [5.74, 6) is -0.0328. The van der Waals surface area contributed by atoms with Crippen molar-refractivity contribution in [3.05, 3.63) is 0 Å². The fraction of sp³-hybridized carbons (Fsp3) is 0.889. The Hall–Kier alpha value is -0.640. The molecule has 1 aliphatic heterocycles. The van der Waals surface area contributed by atoms with Gasteiger partial charge in [-0.05, 0) is 19.8 Å². The second-order valence-electron chi connectivity index (χ2n) is 3.74. The van der Waals surface area contributed by atoms with Gasteiger partial charge >= 0.3 is 0 Å². The Morgan fingerprint density at radius 3 is 3.00 bits per heavy atom. The van der Waals surface area contributed by atoms with E-state index in [2.05, 4.69) is 0 Å². The van der Waals surface area contributed by atoms with E-state index in [-0.39, 0.29) is 18.5 Å². The van der Waals surface area contributed by atoms with Crippen LogP contribution in [0.5, 0.6) is 0 Å². The Labute approximate surface area is 78.1 Å². The van der Waals surface area contributed by atoms with Crippen molar-refractivity contribution in [2.75, 3.05) is 19.8 Å². The van der Waals surface area contributed by atoms with Crippen LogP contribution in [0.25, 0.3) is 0 Å². The molecule has 0 unspecified atom stereocenters. The van der Waals surface area contributed by atoms with Crippen molar-refractivity contribution in [1.29, 1.82) is 0 Å². The first kappa shape index (κ1) is 10.4. The number of carbonyl (C=O) groups excluding carboxylic acids is 1. The van der Waals surface area contributed by atoms with Crippen LogP contribution in [0.15, 0.2) is 0 Å². The molecule has 76 valence electrons. The number of amides is 1. The highest BCUT2D eigenvalue weighted by Gasteiger charge is 2.24. The lowest BCUT2D eigenvalue weighted by atomic mass is 9.99. The van der Waals surface area contributed by atoms with Crippen LogP contribution in [0.2, 0.25) is 0 Å². The Morgan fingerprint density at radius 1 is 1.77 bits per heavy atom. The maximum Gasteiger partial charge on any atom is 0.239 e. The lowest BCUT2D eigenvalue weighted by Gasteiger charge is -2.32. The standard InChI is InChI=1S/C9H17FN2O/c1-7(11)9(13)12-4-2-3-8(5-10)6-12/h7-8H,2-6,11H2,1H3/t7-,8-/m0/s1. The number of carbonyl (C=O) groups is 1. The lowest BCUT2D eigenvalue weighted by molar-refractivity contribution is -0.134. The van der Waals surface area contributed by atoms with Gasteiger partial charge in [0.2, 0.25) is 5.91 Å². The summed E-state index contributed by atoms with van der Waals surface area (Å²) in [6, 6.07) is -0.460. The quantitative estimate of drug-likeness (QED) is 0.687. The van der Waals surface area contributed by atoms with Crippen LogP contribution in [-0.4, -0.2) is 36.6 Å². The van der Waals surface area contributed by atoms with Crippen LogP contribution in [-0.2, 0) is 4.79 Å². The summed E-state index contributed by atoms with van der Waals surface area (Å²) in [6.07, 6.45) is 1.78. The molecule has 4 heteroatoms. The zero-order chi connectivity index (χ0) is 9.84. The van der Waals surface area contributed by atoms with Gasteiger partial charge in [0, 0.05) is 19.0 Å². The first-order chi connectivity index (χ1) is 6.15. The van der Waals surface area contributed by atoms with Crippen LogP contribution in [0.3, 0.4) is 0 Å². The van der Waals surface area contributed by atoms with E-state index < -0.39 is 6.04 Å². The first-order valence-corrected chi connectivity index (χ1v) is 4.75. The van der Waals surface area contributed by atoms with Crippen molar-refractivity contribution in [3.63, 3.8) is 0 Å². The summed E-state index contributed by atoms with van der Waals surface area (Å²) in [6.45, 7) is 2.61. The highest BCUT2D eigenvalue weighted by molar-refractivity contribution is 5.81. The average Bonchev–Trinajstić information content (AvgIpc) is 2.16. The van der Waals surface area contributed by atoms with Gasteiger partial charge in [-0.15, -0.1) is 0 Å². The van der Waals surface area contributed by atoms with Gasteiger partial charge in [0.25, 0.3) is 0 Å². The minimum absolute atomic E-state index is 0.0245. The van der Waals surface area contributed by atoms with Crippen LogP contribution in [0.1, 0.15) is 19.8 Å². The maximum atomic E-state index is 12.3. The molecule has 1 heterocycles. The van der Waals surface area contributed by atoms with Gasteiger partial charge in [-0.3, -0.25) is 9.18 Å². The number of likely N-dealkylation sites (tertiary alicyclic amines) is 1. The fourth-order valence-electron chi connectivity index (χ4n) is 1.68. The van der Waals surface area contributed by atoms with E-state index in [1.54, 1.807) is 11.8 Å². The highest BCUT2D eigenvalue weighted by Crippen LogP contribution is 2.17. The molecule has 1 rings (SSSR count). The maximum absolute atomic E-state index is 12.3. The molecule has 0 aromatic carbocycles. The number of nitrogens with zero attached hydrogens (tertiary/aromatic N) is 1. The highest BCUT2D eigenvalue weighted by atomic mass is 19.1. The SMILES string of the molecule is C[C@H](N)C(=O)N1CCC[C@@H](CF)C1. The van der Waals surface area contributed by atoms with Crippen molar-refractivity contribution in [2.24, 2.45) is 11.7 Å². The Kier molecular flexibility index (Phi) is 3.66. The normalized spacial score (nSPS) is 25.8. The third-order valence-corrected chi connectivity index (χ3v) is 2.44. The van der Waals surface area contributed by atoms with Gasteiger partial charge in [-0.25, -0.2) is 0 Å². The number of alkyl halides is 1. The number of hydrogen-bond donors (Lipinski definition) is 1. The summed E-state index contributed by atoms with van der Waals surface area (Å²) < 4.78 is 12.3. The van der Waals surface area contributed by atoms with E-state index >= 15 is 0 Å². The van der Waals surface area contributed by atoms with Gasteiger partial charge in [0.15, 0.2) is 0 Å². The van der Waals surface area contributed by atoms with Gasteiger partial charge in [-0.1, -0.05) is 0 Å². The molecule has 0 aromatic rings. The molecule has 1 saturated heterocycles. The molecule has 0 aliphatic carbocycles. The molecule has 1 fully saturated rings. The second kappa shape index (κ2) is 4.56. The molecule has 2 N–H and O–H groups in total. The van der Waals surface area contributed by atoms with Crippen molar-refractivity contribution in [3.8, 4) is 0 Å². The molecule has 0 spiro atoms. The summed E-state index contributed by atoms with van der Waals surface area (Å²) in [4.78, 5) is 13.1. The molecule has 1 amide bonds. The second-order valence-corrected chi connectivity index (χ2v) is 3.74. The smallest absolute Gasteiger partial charge is 0.239 e. The Bertz CT molecular complexity index is 184. The van der Waals surface area contributed by atoms with Gasteiger partial charge in [-0.2, -0.15) is 0 Å². The molecule has 2 atom stereocenters. The predicted octanol–water partition coefficient (Wildman–Crippen LogP) is 0.542. The number of piperidine rings is 1. The third-order valence-electron chi connectivity index (χ3n) is 2.44. The average molecular weight is 188 g/mol. The largest absolute Gasteiger partial charge is 0.341 e. The molecule has 0 radical (unpaired) electrons. The summed E-state index contributed by atoms with van der Waals surface area (Å²) in [5, 5.41) is 0. The van der Waals surface area contributed by atoms with Gasteiger partial charge in [0.05, 0.1) is 12.7 Å². The molecular formula is C9H17FN2O. The number of hydrogen-bond acceptors (Lipinski definition) is 2. The van der Waals surface area contributed by atoms with Crippen LogP contribution >= 0.6 is 0 Å². The van der Waals surface area contributed by atoms with Gasteiger partial charge in [0.1, 0.15) is 0 Å². The van der Waals surface area contributed by atoms with Crippen LogP contribution in [0.4, 0.5) is 4.39 Å². The number of halogens is 1. The minimum atomic E-state index is -0.460. The first-order valence-electron chi connectivity index (χ1n) is 4.75. The third kappa shape index (κ3) is 2.66. The van der Waals surface area contributed by atoms with Crippen molar-refractivity contribution < 1.29 is 9.18 Å². The molecule has 13 heavy (non-hydrogen) atoms. The molecule has 0 aromatic heterocycles. The summed E-state index contributed by atoms with van der Waals surface area (Å²) in [7, 11) is 0. The fourth-order valence-corrected chi connectivity index (χ4v) is 1.68. The van der Waals surface area contributed by atoms with E-state index in [0.717, 1.165) is 19.4 Å². The zero-order valence-corrected chi connectivity index (χ0v) is 8.00. The molecular weight excluding hydrogens is 171 g/mol. The predicted molar refractivity (Wildman–Crippen MR) is 48.9 cm³/mol. The summed E-state index contributed by atoms with van der Waals surface area (Å²) >= 11 is 0. The Morgan fingerprint density at radius 2 is 2.46 bits per heavy atom. The number of nitrogens with two attached hydrogens (primary N) is 1. The van der Waals surface area contributed by atoms with Crippen LogP contribution < -0.4 is 5.73 Å². The van der Waals surface area contributed by atoms with E-state index in [4.69, 9.17) is 5.73 Å².